The van der Waals surface area contributed by atoms with Gasteiger partial charge in [-0.15, -0.1) is 0 Å². The summed E-state index contributed by atoms with van der Waals surface area (Å²) < 4.78 is 5.73. The van der Waals surface area contributed by atoms with Crippen LogP contribution in [0.1, 0.15) is 68.7 Å². The number of likely N-dealkylation sites (N-methyl/N-ethyl adjacent to an activating group) is 1. The largest absolute Gasteiger partial charge is 0.492 e. The fourth-order valence-electron chi connectivity index (χ4n) is 4.39. The number of amides is 3. The average molecular weight is 421 g/mol. The zero-order valence-electron chi connectivity index (χ0n) is 18.1. The van der Waals surface area contributed by atoms with Crippen molar-refractivity contribution < 1.29 is 19.1 Å². The van der Waals surface area contributed by atoms with Gasteiger partial charge in [-0.2, -0.15) is 0 Å². The quantitative estimate of drug-likeness (QED) is 0.661. The molecule has 1 aliphatic heterocycles. The Kier molecular flexibility index (Phi) is 6.07. The van der Waals surface area contributed by atoms with Gasteiger partial charge in [0.25, 0.3) is 17.7 Å². The Morgan fingerprint density at radius 3 is 2.52 bits per heavy atom. The Morgan fingerprint density at radius 1 is 1.03 bits per heavy atom. The van der Waals surface area contributed by atoms with E-state index in [9.17, 15) is 14.4 Å². The molecule has 6 nitrogen and oxygen atoms in total. The molecule has 3 amide bonds. The number of hydrogen-bond donors (Lipinski definition) is 0. The van der Waals surface area contributed by atoms with Crippen molar-refractivity contribution in [2.75, 3.05) is 20.2 Å². The highest BCUT2D eigenvalue weighted by molar-refractivity contribution is 6.22. The van der Waals surface area contributed by atoms with Crippen molar-refractivity contribution in [3.8, 4) is 5.75 Å². The molecule has 0 atom stereocenters. The van der Waals surface area contributed by atoms with Crippen molar-refractivity contribution in [3.05, 3.63) is 64.7 Å². The van der Waals surface area contributed by atoms with E-state index in [2.05, 4.69) is 0 Å². The van der Waals surface area contributed by atoms with Crippen molar-refractivity contribution >= 4 is 17.7 Å². The first-order valence-electron chi connectivity index (χ1n) is 10.9. The number of ether oxygens (including phenoxy) is 1. The van der Waals surface area contributed by atoms with Gasteiger partial charge in [0.2, 0.25) is 0 Å². The van der Waals surface area contributed by atoms with Gasteiger partial charge in [-0.25, -0.2) is 0 Å². The number of aryl methyl sites for hydroxylation is 1. The average Bonchev–Trinajstić information content (AvgIpc) is 3.03. The molecule has 31 heavy (non-hydrogen) atoms. The minimum absolute atomic E-state index is 0.0262. The standard InChI is InChI=1S/C25H28N2O4/c1-17-7-6-10-20(15-17)31-14-13-26(2)23(28)18-11-12-21-22(16-18)25(30)27(24(21)29)19-8-4-3-5-9-19/h6-7,10-12,15-16,19H,3-5,8-9,13-14H2,1-2H3. The SMILES string of the molecule is Cc1cccc(OCCN(C)C(=O)c2ccc3c(c2)C(=O)N(C2CCCCC2)C3=O)c1. The third-order valence-electron chi connectivity index (χ3n) is 6.14. The molecular weight excluding hydrogens is 392 g/mol. The molecule has 4 rings (SSSR count). The number of benzene rings is 2. The molecule has 162 valence electrons. The minimum Gasteiger partial charge on any atom is -0.492 e. The summed E-state index contributed by atoms with van der Waals surface area (Å²) in [6.45, 7) is 2.77. The van der Waals surface area contributed by atoms with Crippen LogP contribution in [0.15, 0.2) is 42.5 Å². The number of carbonyl (C=O) groups excluding carboxylic acids is 3. The van der Waals surface area contributed by atoms with E-state index in [-0.39, 0.29) is 23.8 Å². The van der Waals surface area contributed by atoms with E-state index in [1.807, 2.05) is 31.2 Å². The van der Waals surface area contributed by atoms with Gasteiger partial charge in [0.1, 0.15) is 12.4 Å². The van der Waals surface area contributed by atoms with Gasteiger partial charge < -0.3 is 9.64 Å². The van der Waals surface area contributed by atoms with Crippen molar-refractivity contribution in [3.63, 3.8) is 0 Å². The van der Waals surface area contributed by atoms with E-state index in [1.54, 1.807) is 30.1 Å². The predicted molar refractivity (Wildman–Crippen MR) is 117 cm³/mol. The van der Waals surface area contributed by atoms with Crippen molar-refractivity contribution in [1.29, 1.82) is 0 Å². The number of imide groups is 1. The van der Waals surface area contributed by atoms with Crippen LogP contribution in [0.5, 0.6) is 5.75 Å². The third-order valence-corrected chi connectivity index (χ3v) is 6.14. The minimum atomic E-state index is -0.271. The molecule has 0 unspecified atom stereocenters. The summed E-state index contributed by atoms with van der Waals surface area (Å²) in [6.07, 6.45) is 4.95. The van der Waals surface area contributed by atoms with Gasteiger partial charge in [-0.05, 0) is 55.7 Å². The number of carbonyl (C=O) groups is 3. The maximum atomic E-state index is 13.0. The molecule has 1 heterocycles. The predicted octanol–water partition coefficient (Wildman–Crippen LogP) is 4.07. The molecule has 1 fully saturated rings. The maximum absolute atomic E-state index is 13.0. The van der Waals surface area contributed by atoms with E-state index >= 15 is 0 Å². The molecule has 0 spiro atoms. The first-order valence-corrected chi connectivity index (χ1v) is 10.9. The molecule has 0 bridgehead atoms. The molecule has 2 aliphatic rings. The molecule has 6 heteroatoms. The second kappa shape index (κ2) is 8.92. The van der Waals surface area contributed by atoms with Crippen molar-refractivity contribution in [1.82, 2.24) is 9.80 Å². The van der Waals surface area contributed by atoms with Crippen LogP contribution in [0.2, 0.25) is 0 Å². The summed E-state index contributed by atoms with van der Waals surface area (Å²) in [7, 11) is 1.70. The molecule has 1 aliphatic carbocycles. The van der Waals surface area contributed by atoms with Crippen LogP contribution >= 0.6 is 0 Å². The van der Waals surface area contributed by atoms with Gasteiger partial charge in [0, 0.05) is 18.7 Å². The smallest absolute Gasteiger partial charge is 0.261 e. The topological polar surface area (TPSA) is 66.9 Å². The number of fused-ring (bicyclic) bond motifs is 1. The lowest BCUT2D eigenvalue weighted by molar-refractivity contribution is 0.0548. The second-order valence-corrected chi connectivity index (χ2v) is 8.42. The van der Waals surface area contributed by atoms with Crippen LogP contribution in [-0.4, -0.2) is 53.8 Å². The van der Waals surface area contributed by atoms with Gasteiger partial charge in [-0.3, -0.25) is 19.3 Å². The van der Waals surface area contributed by atoms with E-state index in [0.717, 1.165) is 43.4 Å². The normalized spacial score (nSPS) is 16.4. The maximum Gasteiger partial charge on any atom is 0.261 e. The van der Waals surface area contributed by atoms with E-state index < -0.39 is 0 Å². The Balaban J connectivity index is 1.41. The van der Waals surface area contributed by atoms with Crippen LogP contribution < -0.4 is 4.74 Å². The lowest BCUT2D eigenvalue weighted by atomic mass is 9.94. The van der Waals surface area contributed by atoms with Crippen LogP contribution in [0, 0.1) is 6.92 Å². The summed E-state index contributed by atoms with van der Waals surface area (Å²) in [5, 5.41) is 0. The Bertz CT molecular complexity index is 1010. The molecule has 0 radical (unpaired) electrons. The zero-order valence-corrected chi connectivity index (χ0v) is 18.1. The lowest BCUT2D eigenvalue weighted by Crippen LogP contribution is -2.40. The van der Waals surface area contributed by atoms with Gasteiger partial charge in [-0.1, -0.05) is 31.4 Å². The van der Waals surface area contributed by atoms with Gasteiger partial charge in [0.05, 0.1) is 17.7 Å². The summed E-state index contributed by atoms with van der Waals surface area (Å²) in [4.78, 5) is 41.6. The van der Waals surface area contributed by atoms with Crippen molar-refractivity contribution in [2.45, 2.75) is 45.1 Å². The van der Waals surface area contributed by atoms with E-state index in [1.165, 1.54) is 4.90 Å². The highest BCUT2D eigenvalue weighted by Gasteiger charge is 2.40. The third kappa shape index (κ3) is 4.33. The highest BCUT2D eigenvalue weighted by Crippen LogP contribution is 2.31. The lowest BCUT2D eigenvalue weighted by Gasteiger charge is -2.29. The van der Waals surface area contributed by atoms with E-state index in [0.29, 0.717) is 29.8 Å². The first-order chi connectivity index (χ1) is 15.0. The fraction of sp³-hybridized carbons (Fsp3) is 0.400. The van der Waals surface area contributed by atoms with Gasteiger partial charge in [0.15, 0.2) is 0 Å². The molecule has 1 saturated carbocycles. The number of rotatable bonds is 6. The Hall–Kier alpha value is -3.15. The second-order valence-electron chi connectivity index (χ2n) is 8.42. The van der Waals surface area contributed by atoms with Crippen LogP contribution in [0.4, 0.5) is 0 Å². The Labute approximate surface area is 182 Å². The number of nitrogens with zero attached hydrogens (tertiary/aromatic N) is 2. The molecule has 0 aromatic heterocycles. The van der Waals surface area contributed by atoms with Crippen LogP contribution in [-0.2, 0) is 0 Å². The molecule has 0 saturated heterocycles. The summed E-state index contributed by atoms with van der Waals surface area (Å²) >= 11 is 0. The highest BCUT2D eigenvalue weighted by atomic mass is 16.5. The fourth-order valence-corrected chi connectivity index (χ4v) is 4.39. The summed E-state index contributed by atoms with van der Waals surface area (Å²) in [6, 6.07) is 12.5. The van der Waals surface area contributed by atoms with E-state index in [4.69, 9.17) is 4.74 Å². The molecule has 0 N–H and O–H groups in total. The van der Waals surface area contributed by atoms with Crippen LogP contribution in [0.3, 0.4) is 0 Å². The monoisotopic (exact) mass is 420 g/mol. The summed E-state index contributed by atoms with van der Waals surface area (Å²) in [5.74, 6) is 0.0649. The number of hydrogen-bond acceptors (Lipinski definition) is 4. The molecular formula is C25H28N2O4. The Morgan fingerprint density at radius 2 is 1.77 bits per heavy atom. The molecule has 2 aromatic carbocycles. The molecule has 2 aromatic rings. The van der Waals surface area contributed by atoms with Crippen LogP contribution in [0.25, 0.3) is 0 Å². The zero-order chi connectivity index (χ0) is 22.0. The van der Waals surface area contributed by atoms with Gasteiger partial charge >= 0.3 is 0 Å². The first kappa shape index (κ1) is 21.1. The van der Waals surface area contributed by atoms with Crippen molar-refractivity contribution in [2.24, 2.45) is 0 Å². The summed E-state index contributed by atoms with van der Waals surface area (Å²) in [5.41, 5.74) is 2.26.